The number of benzene rings is 2. The van der Waals surface area contributed by atoms with Crippen molar-refractivity contribution >= 4 is 23.2 Å². The largest absolute Gasteiger partial charge is 0.506 e. The van der Waals surface area contributed by atoms with Crippen molar-refractivity contribution in [2.45, 2.75) is 19.8 Å². The van der Waals surface area contributed by atoms with Gasteiger partial charge in [-0.15, -0.1) is 0 Å². The van der Waals surface area contributed by atoms with Crippen LogP contribution in [0.1, 0.15) is 35.8 Å². The number of anilines is 1. The minimum absolute atomic E-state index is 0.0204. The first-order chi connectivity index (χ1) is 12.0. The van der Waals surface area contributed by atoms with E-state index in [1.165, 1.54) is 6.07 Å². The summed E-state index contributed by atoms with van der Waals surface area (Å²) >= 11 is 5.94. The zero-order valence-corrected chi connectivity index (χ0v) is 14.7. The first-order valence-corrected chi connectivity index (χ1v) is 8.28. The van der Waals surface area contributed by atoms with E-state index in [1.54, 1.807) is 41.2 Å². The van der Waals surface area contributed by atoms with Crippen molar-refractivity contribution in [2.75, 3.05) is 5.32 Å². The minimum atomic E-state index is -0.314. The molecule has 1 heterocycles. The number of hydrogen-bond acceptors (Lipinski definition) is 3. The fourth-order valence-corrected chi connectivity index (χ4v) is 2.77. The standard InChI is InChI=1S/C19H18ClN3O2/c1-12(2)18-15(19(25)22-16-5-3-4-6-17(16)24)11-21-23(18)14-9-7-13(20)8-10-14/h3-12,24H,1-2H3,(H,22,25). The lowest BCUT2D eigenvalue weighted by atomic mass is 10.0. The third kappa shape index (κ3) is 3.51. The minimum Gasteiger partial charge on any atom is -0.506 e. The Kier molecular flexibility index (Phi) is 4.76. The van der Waals surface area contributed by atoms with Crippen molar-refractivity contribution in [3.8, 4) is 11.4 Å². The second-order valence-corrected chi connectivity index (χ2v) is 6.39. The molecule has 3 aromatic rings. The van der Waals surface area contributed by atoms with Gasteiger partial charge in [-0.3, -0.25) is 4.79 Å². The van der Waals surface area contributed by atoms with Gasteiger partial charge in [0.15, 0.2) is 0 Å². The summed E-state index contributed by atoms with van der Waals surface area (Å²) in [5, 5.41) is 17.6. The van der Waals surface area contributed by atoms with Gasteiger partial charge in [-0.2, -0.15) is 5.10 Å². The molecule has 2 N–H and O–H groups in total. The van der Waals surface area contributed by atoms with Gasteiger partial charge in [-0.25, -0.2) is 4.68 Å². The molecule has 0 saturated carbocycles. The lowest BCUT2D eigenvalue weighted by Crippen LogP contribution is -2.15. The number of para-hydroxylation sites is 2. The summed E-state index contributed by atoms with van der Waals surface area (Å²) in [4.78, 5) is 12.7. The van der Waals surface area contributed by atoms with E-state index in [4.69, 9.17) is 11.6 Å². The first kappa shape index (κ1) is 17.0. The molecule has 0 spiro atoms. The number of carbonyl (C=O) groups excluding carboxylic acids is 1. The highest BCUT2D eigenvalue weighted by molar-refractivity contribution is 6.30. The van der Waals surface area contributed by atoms with Gasteiger partial charge in [0.2, 0.25) is 0 Å². The summed E-state index contributed by atoms with van der Waals surface area (Å²) < 4.78 is 1.74. The summed E-state index contributed by atoms with van der Waals surface area (Å²) in [6.07, 6.45) is 1.54. The van der Waals surface area contributed by atoms with E-state index in [0.717, 1.165) is 11.4 Å². The van der Waals surface area contributed by atoms with Crippen molar-refractivity contribution in [2.24, 2.45) is 0 Å². The summed E-state index contributed by atoms with van der Waals surface area (Å²) in [6, 6.07) is 13.9. The zero-order chi connectivity index (χ0) is 18.0. The van der Waals surface area contributed by atoms with Crippen LogP contribution in [0.4, 0.5) is 5.69 Å². The van der Waals surface area contributed by atoms with Gasteiger partial charge in [0.05, 0.1) is 28.8 Å². The molecule has 0 bridgehead atoms. The van der Waals surface area contributed by atoms with E-state index < -0.39 is 0 Å². The fourth-order valence-electron chi connectivity index (χ4n) is 2.65. The number of nitrogens with zero attached hydrogens (tertiary/aromatic N) is 2. The molecule has 0 atom stereocenters. The van der Waals surface area contributed by atoms with Crippen molar-refractivity contribution in [3.05, 3.63) is 71.0 Å². The molecule has 1 aromatic heterocycles. The summed E-state index contributed by atoms with van der Waals surface area (Å²) in [7, 11) is 0. The number of aromatic nitrogens is 2. The maximum Gasteiger partial charge on any atom is 0.259 e. The molecule has 5 nitrogen and oxygen atoms in total. The predicted molar refractivity (Wildman–Crippen MR) is 98.7 cm³/mol. The quantitative estimate of drug-likeness (QED) is 0.672. The molecule has 25 heavy (non-hydrogen) atoms. The van der Waals surface area contributed by atoms with Crippen LogP contribution in [0, 0.1) is 0 Å². The van der Waals surface area contributed by atoms with E-state index in [2.05, 4.69) is 10.4 Å². The normalized spacial score (nSPS) is 10.9. The molecule has 0 aliphatic rings. The Labute approximate surface area is 150 Å². The molecule has 0 radical (unpaired) electrons. The van der Waals surface area contributed by atoms with Gasteiger partial charge < -0.3 is 10.4 Å². The van der Waals surface area contributed by atoms with Crippen LogP contribution in [0.15, 0.2) is 54.7 Å². The molecule has 3 rings (SSSR count). The highest BCUT2D eigenvalue weighted by Gasteiger charge is 2.21. The highest BCUT2D eigenvalue weighted by atomic mass is 35.5. The Bertz CT molecular complexity index is 901. The Hall–Kier alpha value is -2.79. The number of phenolic OH excluding ortho intramolecular Hbond substituents is 1. The van der Waals surface area contributed by atoms with Gasteiger partial charge in [0.25, 0.3) is 5.91 Å². The number of carbonyl (C=O) groups is 1. The SMILES string of the molecule is CC(C)c1c(C(=O)Nc2ccccc2O)cnn1-c1ccc(Cl)cc1. The zero-order valence-electron chi connectivity index (χ0n) is 13.9. The third-order valence-corrected chi connectivity index (χ3v) is 4.07. The van der Waals surface area contributed by atoms with E-state index >= 15 is 0 Å². The van der Waals surface area contributed by atoms with Crippen molar-refractivity contribution in [1.29, 1.82) is 0 Å². The average molecular weight is 356 g/mol. The van der Waals surface area contributed by atoms with E-state index in [1.807, 2.05) is 26.0 Å². The average Bonchev–Trinajstić information content (AvgIpc) is 3.03. The molecule has 0 fully saturated rings. The van der Waals surface area contributed by atoms with Crippen LogP contribution in [0.5, 0.6) is 5.75 Å². The van der Waals surface area contributed by atoms with Gasteiger partial charge >= 0.3 is 0 Å². The van der Waals surface area contributed by atoms with Crippen LogP contribution < -0.4 is 5.32 Å². The van der Waals surface area contributed by atoms with E-state index in [0.29, 0.717) is 16.3 Å². The van der Waals surface area contributed by atoms with E-state index in [9.17, 15) is 9.90 Å². The molecule has 128 valence electrons. The number of hydrogen-bond donors (Lipinski definition) is 2. The molecule has 0 unspecified atom stereocenters. The number of rotatable bonds is 4. The van der Waals surface area contributed by atoms with Crippen LogP contribution in [0.3, 0.4) is 0 Å². The van der Waals surface area contributed by atoms with Crippen LogP contribution in [-0.2, 0) is 0 Å². The van der Waals surface area contributed by atoms with Crippen LogP contribution in [-0.4, -0.2) is 20.8 Å². The summed E-state index contributed by atoms with van der Waals surface area (Å²) in [5.41, 5.74) is 2.44. The van der Waals surface area contributed by atoms with Gasteiger partial charge in [0.1, 0.15) is 5.75 Å². The van der Waals surface area contributed by atoms with Gasteiger partial charge in [0, 0.05) is 5.02 Å². The Morgan fingerprint density at radius 3 is 2.48 bits per heavy atom. The molecule has 0 saturated heterocycles. The lowest BCUT2D eigenvalue weighted by Gasteiger charge is -2.13. The number of halogens is 1. The Morgan fingerprint density at radius 1 is 1.16 bits per heavy atom. The molecule has 0 aliphatic heterocycles. The molecular formula is C19H18ClN3O2. The highest BCUT2D eigenvalue weighted by Crippen LogP contribution is 2.26. The Morgan fingerprint density at radius 2 is 1.84 bits per heavy atom. The van der Waals surface area contributed by atoms with Crippen molar-refractivity contribution < 1.29 is 9.90 Å². The first-order valence-electron chi connectivity index (χ1n) is 7.90. The second kappa shape index (κ2) is 6.99. The lowest BCUT2D eigenvalue weighted by molar-refractivity contribution is 0.102. The summed E-state index contributed by atoms with van der Waals surface area (Å²) in [6.45, 7) is 4.00. The number of phenols is 1. The molecule has 2 aromatic carbocycles. The maximum absolute atomic E-state index is 12.7. The molecule has 0 aliphatic carbocycles. The molecular weight excluding hydrogens is 338 g/mol. The van der Waals surface area contributed by atoms with Gasteiger partial charge in [-0.1, -0.05) is 37.6 Å². The molecule has 6 heteroatoms. The van der Waals surface area contributed by atoms with Crippen molar-refractivity contribution in [1.82, 2.24) is 9.78 Å². The monoisotopic (exact) mass is 355 g/mol. The predicted octanol–water partition coefficient (Wildman–Crippen LogP) is 4.61. The van der Waals surface area contributed by atoms with Crippen LogP contribution in [0.25, 0.3) is 5.69 Å². The molecule has 1 amide bonds. The topological polar surface area (TPSA) is 67.2 Å². The van der Waals surface area contributed by atoms with Gasteiger partial charge in [-0.05, 0) is 42.3 Å². The fraction of sp³-hybridized carbons (Fsp3) is 0.158. The number of nitrogens with one attached hydrogen (secondary N) is 1. The van der Waals surface area contributed by atoms with Crippen molar-refractivity contribution in [3.63, 3.8) is 0 Å². The smallest absolute Gasteiger partial charge is 0.259 e. The van der Waals surface area contributed by atoms with Crippen LogP contribution >= 0.6 is 11.6 Å². The number of aromatic hydroxyl groups is 1. The van der Waals surface area contributed by atoms with E-state index in [-0.39, 0.29) is 17.6 Å². The Balaban J connectivity index is 1.98. The number of amides is 1. The maximum atomic E-state index is 12.7. The van der Waals surface area contributed by atoms with Crippen LogP contribution in [0.2, 0.25) is 5.02 Å². The summed E-state index contributed by atoms with van der Waals surface area (Å²) in [5.74, 6) is -0.222. The second-order valence-electron chi connectivity index (χ2n) is 5.96. The third-order valence-electron chi connectivity index (χ3n) is 3.82.